The minimum atomic E-state index is 0. The second kappa shape index (κ2) is 8.68. The van der Waals surface area contributed by atoms with Crippen LogP contribution in [0, 0.1) is 18.8 Å². The summed E-state index contributed by atoms with van der Waals surface area (Å²) in [5.74, 6) is 1.18. The van der Waals surface area contributed by atoms with Crippen molar-refractivity contribution in [1.82, 2.24) is 9.97 Å². The Labute approximate surface area is 190 Å². The van der Waals surface area contributed by atoms with Gasteiger partial charge in [0.25, 0.3) is 0 Å². The van der Waals surface area contributed by atoms with E-state index in [1.807, 2.05) is 62.2 Å². The summed E-state index contributed by atoms with van der Waals surface area (Å²) in [4.78, 5) is 12.8. The molecule has 1 aliphatic rings. The minimum absolute atomic E-state index is 0. The van der Waals surface area contributed by atoms with Gasteiger partial charge in [-0.15, -0.1) is 30.0 Å². The van der Waals surface area contributed by atoms with E-state index in [2.05, 4.69) is 44.0 Å². The van der Waals surface area contributed by atoms with Crippen LogP contribution in [-0.2, 0) is 21.1 Å². The van der Waals surface area contributed by atoms with Crippen molar-refractivity contribution in [1.29, 1.82) is 0 Å². The summed E-state index contributed by atoms with van der Waals surface area (Å²) in [6, 6.07) is 28.1. The summed E-state index contributed by atoms with van der Waals surface area (Å²) in [6.45, 7) is 2.04. The maximum atomic E-state index is 6.02. The number of rotatable bonds is 4. The van der Waals surface area contributed by atoms with Crippen LogP contribution in [0.4, 0.5) is 17.1 Å². The fourth-order valence-corrected chi connectivity index (χ4v) is 3.27. The largest absolute Gasteiger partial charge is 0.509 e. The summed E-state index contributed by atoms with van der Waals surface area (Å²) in [5.41, 5.74) is 4.55. The number of hydrogen-bond donors (Lipinski definition) is 0. The first-order valence-electron chi connectivity index (χ1n) is 9.24. The third-order valence-corrected chi connectivity index (χ3v) is 4.62. The Morgan fingerprint density at radius 1 is 0.800 bits per heavy atom. The molecule has 0 saturated carbocycles. The third kappa shape index (κ3) is 3.94. The predicted molar refractivity (Wildman–Crippen MR) is 113 cm³/mol. The molecule has 0 bridgehead atoms. The number of hydrogen-bond acceptors (Lipinski definition) is 5. The van der Waals surface area contributed by atoms with E-state index in [0.29, 0.717) is 17.2 Å². The van der Waals surface area contributed by atoms with Gasteiger partial charge < -0.3 is 19.5 Å². The summed E-state index contributed by atoms with van der Waals surface area (Å²) in [5, 5.41) is 0. The molecule has 0 amide bonds. The molecule has 0 atom stereocenters. The van der Waals surface area contributed by atoms with E-state index in [0.717, 1.165) is 22.8 Å². The van der Waals surface area contributed by atoms with Gasteiger partial charge in [-0.05, 0) is 42.8 Å². The molecule has 30 heavy (non-hydrogen) atoms. The number of fused-ring (bicyclic) bond motifs is 1. The van der Waals surface area contributed by atoms with E-state index < -0.39 is 0 Å². The quantitative estimate of drug-likeness (QED) is 0.313. The molecule has 0 fully saturated rings. The zero-order chi connectivity index (χ0) is 19.6. The fourth-order valence-electron chi connectivity index (χ4n) is 3.27. The Balaban J connectivity index is 0.00000218. The van der Waals surface area contributed by atoms with Crippen molar-refractivity contribution < 1.29 is 25.8 Å². The van der Waals surface area contributed by atoms with E-state index in [4.69, 9.17) is 4.74 Å². The van der Waals surface area contributed by atoms with E-state index in [1.165, 1.54) is 0 Å². The van der Waals surface area contributed by atoms with Crippen LogP contribution < -0.4 is 14.5 Å². The SMILES string of the molecule is CN1[CH-]N(c2[c-]c(Oc3[c-]c(-c4ccccn4)ncc3)ccc2)c2ccccc21.[Pt]. The van der Waals surface area contributed by atoms with Crippen LogP contribution in [0.25, 0.3) is 11.4 Å². The Bertz CT molecular complexity index is 1150. The molecule has 0 aliphatic carbocycles. The molecule has 4 aromatic rings. The first-order chi connectivity index (χ1) is 14.3. The van der Waals surface area contributed by atoms with Crippen LogP contribution in [0.15, 0.2) is 79.1 Å². The van der Waals surface area contributed by atoms with Crippen molar-refractivity contribution in [3.8, 4) is 22.9 Å². The Hall–Kier alpha value is -3.17. The normalized spacial score (nSPS) is 12.3. The van der Waals surface area contributed by atoms with Crippen molar-refractivity contribution in [2.75, 3.05) is 16.8 Å². The van der Waals surface area contributed by atoms with E-state index in [9.17, 15) is 0 Å². The topological polar surface area (TPSA) is 41.5 Å². The molecular formula is C24H17N4OPt-3. The van der Waals surface area contributed by atoms with Crippen molar-refractivity contribution in [3.63, 3.8) is 0 Å². The molecule has 0 unspecified atom stereocenters. The zero-order valence-electron chi connectivity index (χ0n) is 16.1. The maximum absolute atomic E-state index is 6.02. The second-order valence-electron chi connectivity index (χ2n) is 6.59. The average Bonchev–Trinajstić information content (AvgIpc) is 3.12. The van der Waals surface area contributed by atoms with Gasteiger partial charge in [-0.2, -0.15) is 12.7 Å². The number of nitrogens with zero attached hydrogens (tertiary/aromatic N) is 4. The molecule has 2 aromatic carbocycles. The predicted octanol–water partition coefficient (Wildman–Crippen LogP) is 5.24. The van der Waals surface area contributed by atoms with Crippen molar-refractivity contribution in [3.05, 3.63) is 97.9 Å². The van der Waals surface area contributed by atoms with Gasteiger partial charge in [0.2, 0.25) is 0 Å². The van der Waals surface area contributed by atoms with Gasteiger partial charge in [-0.1, -0.05) is 30.3 Å². The van der Waals surface area contributed by atoms with Crippen LogP contribution in [-0.4, -0.2) is 17.0 Å². The molecule has 0 radical (unpaired) electrons. The zero-order valence-corrected chi connectivity index (χ0v) is 18.4. The van der Waals surface area contributed by atoms with Crippen LogP contribution >= 0.6 is 0 Å². The van der Waals surface area contributed by atoms with Gasteiger partial charge >= 0.3 is 0 Å². The first-order valence-corrected chi connectivity index (χ1v) is 9.24. The van der Waals surface area contributed by atoms with Gasteiger partial charge in [-0.3, -0.25) is 4.98 Å². The van der Waals surface area contributed by atoms with Gasteiger partial charge in [0.15, 0.2) is 0 Å². The number of pyridine rings is 2. The minimum Gasteiger partial charge on any atom is -0.509 e. The Kier molecular flexibility index (Phi) is 5.82. The molecule has 152 valence electrons. The van der Waals surface area contributed by atoms with Gasteiger partial charge in [0.05, 0.1) is 0 Å². The van der Waals surface area contributed by atoms with Gasteiger partial charge in [0, 0.05) is 50.1 Å². The molecule has 2 aromatic heterocycles. The number of ether oxygens (including phenoxy) is 1. The van der Waals surface area contributed by atoms with E-state index in [1.54, 1.807) is 18.5 Å². The molecule has 5 nitrogen and oxygen atoms in total. The van der Waals surface area contributed by atoms with Gasteiger partial charge in [0.1, 0.15) is 0 Å². The molecular weight excluding hydrogens is 555 g/mol. The summed E-state index contributed by atoms with van der Waals surface area (Å²) in [6.07, 6.45) is 3.43. The van der Waals surface area contributed by atoms with E-state index in [-0.39, 0.29) is 21.1 Å². The van der Waals surface area contributed by atoms with Crippen LogP contribution in [0.1, 0.15) is 0 Å². The third-order valence-electron chi connectivity index (χ3n) is 4.62. The molecule has 0 N–H and O–H groups in total. The van der Waals surface area contributed by atoms with Crippen molar-refractivity contribution in [2.24, 2.45) is 0 Å². The van der Waals surface area contributed by atoms with Crippen LogP contribution in [0.3, 0.4) is 0 Å². The van der Waals surface area contributed by atoms with Crippen LogP contribution in [0.2, 0.25) is 0 Å². The number of para-hydroxylation sites is 2. The first kappa shape index (κ1) is 20.1. The summed E-state index contributed by atoms with van der Waals surface area (Å²) in [7, 11) is 2.03. The maximum Gasteiger partial charge on any atom is 0.0326 e. The number of aromatic nitrogens is 2. The van der Waals surface area contributed by atoms with E-state index >= 15 is 0 Å². The molecule has 3 heterocycles. The van der Waals surface area contributed by atoms with Crippen molar-refractivity contribution in [2.45, 2.75) is 0 Å². The number of benzene rings is 2. The summed E-state index contributed by atoms with van der Waals surface area (Å²) < 4.78 is 6.02. The van der Waals surface area contributed by atoms with Gasteiger partial charge in [-0.25, -0.2) is 0 Å². The smallest absolute Gasteiger partial charge is 0.0326 e. The van der Waals surface area contributed by atoms with Crippen molar-refractivity contribution >= 4 is 17.1 Å². The molecule has 5 rings (SSSR count). The average molecular weight is 573 g/mol. The standard InChI is InChI=1S/C24H17N4O.Pt/c1-27-17-28(24-11-3-2-10-23(24)27)18-7-6-8-19(15-18)29-20-12-14-26-22(16-20)21-9-4-5-13-25-21;/h2-14,17H,1H3;/q-3;. The monoisotopic (exact) mass is 572 g/mol. The summed E-state index contributed by atoms with van der Waals surface area (Å²) >= 11 is 0. The molecule has 0 saturated heterocycles. The Morgan fingerprint density at radius 3 is 2.43 bits per heavy atom. The molecule has 1 aliphatic heterocycles. The fraction of sp³-hybridized carbons (Fsp3) is 0.0417. The number of anilines is 3. The second-order valence-corrected chi connectivity index (χ2v) is 6.59. The molecule has 6 heteroatoms. The van der Waals surface area contributed by atoms with Crippen LogP contribution in [0.5, 0.6) is 11.5 Å². The Morgan fingerprint density at radius 2 is 1.60 bits per heavy atom. The molecule has 0 spiro atoms.